The van der Waals surface area contributed by atoms with Gasteiger partial charge in [0.15, 0.2) is 5.13 Å². The predicted molar refractivity (Wildman–Crippen MR) is 143 cm³/mol. The van der Waals surface area contributed by atoms with Crippen molar-refractivity contribution in [3.8, 4) is 0 Å². The van der Waals surface area contributed by atoms with Gasteiger partial charge in [-0.05, 0) is 48.4 Å². The molecule has 2 heterocycles. The third-order valence-electron chi connectivity index (χ3n) is 5.52. The molecule has 0 unspecified atom stereocenters. The highest BCUT2D eigenvalue weighted by Gasteiger charge is 2.21. The number of halogens is 2. The van der Waals surface area contributed by atoms with Gasteiger partial charge < -0.3 is 4.74 Å². The maximum atomic E-state index is 13.3. The summed E-state index contributed by atoms with van der Waals surface area (Å²) in [6.45, 7) is 6.96. The summed E-state index contributed by atoms with van der Waals surface area (Å²) in [5.74, 6) is 0.842. The second-order valence-corrected chi connectivity index (χ2v) is 10.3. The SMILES string of the molecule is CCc1ccc2nc(N(CCN3CCOCC3)C(=O)CCSc3ccc(Cl)cc3)sc2c1.Cl. The van der Waals surface area contributed by atoms with Crippen molar-refractivity contribution in [2.24, 2.45) is 0 Å². The van der Waals surface area contributed by atoms with Gasteiger partial charge in [0.25, 0.3) is 0 Å². The number of fused-ring (bicyclic) bond motifs is 1. The molecule has 178 valence electrons. The molecule has 0 aliphatic carbocycles. The van der Waals surface area contributed by atoms with Gasteiger partial charge in [0, 0.05) is 48.3 Å². The summed E-state index contributed by atoms with van der Waals surface area (Å²) < 4.78 is 6.60. The molecule has 1 fully saturated rings. The first-order valence-electron chi connectivity index (χ1n) is 11.0. The normalized spacial score (nSPS) is 14.2. The Morgan fingerprint density at radius 1 is 1.21 bits per heavy atom. The van der Waals surface area contributed by atoms with Crippen molar-refractivity contribution < 1.29 is 9.53 Å². The van der Waals surface area contributed by atoms with Crippen LogP contribution in [-0.2, 0) is 16.0 Å². The van der Waals surface area contributed by atoms with Crippen LogP contribution >= 0.6 is 47.1 Å². The number of ether oxygens (including phenoxy) is 1. The Balaban J connectivity index is 0.00000306. The number of morpholine rings is 1. The number of rotatable bonds is 9. The fourth-order valence-electron chi connectivity index (χ4n) is 3.61. The number of carbonyl (C=O) groups excluding carboxylic acids is 1. The number of aryl methyl sites for hydroxylation is 1. The standard InChI is InChI=1S/C24H28ClN3O2S2.ClH/c1-2-18-3-8-21-22(17-18)32-24(26-21)28(11-10-27-12-14-30-15-13-27)23(29)9-16-31-20-6-4-19(25)5-7-20;/h3-8,17H,2,9-16H2,1H3;1H. The summed E-state index contributed by atoms with van der Waals surface area (Å²) >= 11 is 9.26. The highest BCUT2D eigenvalue weighted by Crippen LogP contribution is 2.30. The molecular formula is C24H29Cl2N3O2S2. The summed E-state index contributed by atoms with van der Waals surface area (Å²) in [5, 5.41) is 1.52. The van der Waals surface area contributed by atoms with E-state index in [0.29, 0.717) is 13.0 Å². The summed E-state index contributed by atoms with van der Waals surface area (Å²) in [5.41, 5.74) is 2.25. The quantitative estimate of drug-likeness (QED) is 0.331. The van der Waals surface area contributed by atoms with E-state index < -0.39 is 0 Å². The van der Waals surface area contributed by atoms with Gasteiger partial charge >= 0.3 is 0 Å². The monoisotopic (exact) mass is 525 g/mol. The molecule has 0 bridgehead atoms. The van der Waals surface area contributed by atoms with E-state index in [4.69, 9.17) is 21.3 Å². The van der Waals surface area contributed by atoms with Crippen LogP contribution < -0.4 is 4.90 Å². The Morgan fingerprint density at radius 2 is 1.97 bits per heavy atom. The van der Waals surface area contributed by atoms with E-state index in [1.807, 2.05) is 29.2 Å². The van der Waals surface area contributed by atoms with Crippen LogP contribution in [0.3, 0.4) is 0 Å². The molecule has 0 atom stereocenters. The number of thioether (sulfide) groups is 1. The van der Waals surface area contributed by atoms with Crippen LogP contribution in [0.5, 0.6) is 0 Å². The molecule has 1 aliphatic rings. The van der Waals surface area contributed by atoms with Crippen molar-refractivity contribution in [1.82, 2.24) is 9.88 Å². The predicted octanol–water partition coefficient (Wildman–Crippen LogP) is 5.78. The van der Waals surface area contributed by atoms with Crippen molar-refractivity contribution in [2.75, 3.05) is 50.0 Å². The van der Waals surface area contributed by atoms with Gasteiger partial charge in [0.1, 0.15) is 0 Å². The van der Waals surface area contributed by atoms with Crippen molar-refractivity contribution >= 4 is 68.4 Å². The molecule has 4 rings (SSSR count). The van der Waals surface area contributed by atoms with Crippen LogP contribution in [0, 0.1) is 0 Å². The van der Waals surface area contributed by atoms with E-state index >= 15 is 0 Å². The van der Waals surface area contributed by atoms with Crippen LogP contribution in [-0.4, -0.2) is 60.9 Å². The van der Waals surface area contributed by atoms with Gasteiger partial charge in [-0.15, -0.1) is 24.2 Å². The average Bonchev–Trinajstić information content (AvgIpc) is 3.24. The lowest BCUT2D eigenvalue weighted by atomic mass is 10.2. The van der Waals surface area contributed by atoms with Gasteiger partial charge in [-0.2, -0.15) is 0 Å². The van der Waals surface area contributed by atoms with Crippen LogP contribution in [0.25, 0.3) is 10.2 Å². The van der Waals surface area contributed by atoms with Crippen LogP contribution in [0.15, 0.2) is 47.4 Å². The molecule has 2 aromatic carbocycles. The van der Waals surface area contributed by atoms with Gasteiger partial charge in [0.05, 0.1) is 23.4 Å². The van der Waals surface area contributed by atoms with Crippen LogP contribution in [0.2, 0.25) is 5.02 Å². The van der Waals surface area contributed by atoms with E-state index in [2.05, 4.69) is 30.0 Å². The summed E-state index contributed by atoms with van der Waals surface area (Å²) in [4.78, 5) is 23.4. The molecule has 0 saturated carbocycles. The molecule has 9 heteroatoms. The Bertz CT molecular complexity index is 1040. The number of amides is 1. The lowest BCUT2D eigenvalue weighted by Crippen LogP contribution is -2.43. The molecule has 3 aromatic rings. The van der Waals surface area contributed by atoms with E-state index in [9.17, 15) is 4.79 Å². The zero-order valence-corrected chi connectivity index (χ0v) is 21.9. The summed E-state index contributed by atoms with van der Waals surface area (Å²) in [7, 11) is 0. The summed E-state index contributed by atoms with van der Waals surface area (Å²) in [6, 6.07) is 14.1. The average molecular weight is 527 g/mol. The highest BCUT2D eigenvalue weighted by molar-refractivity contribution is 7.99. The van der Waals surface area contributed by atoms with E-state index in [0.717, 1.165) is 70.3 Å². The minimum atomic E-state index is 0. The molecule has 1 amide bonds. The molecular weight excluding hydrogens is 497 g/mol. The first-order chi connectivity index (χ1) is 15.6. The molecule has 5 nitrogen and oxygen atoms in total. The second-order valence-electron chi connectivity index (χ2n) is 7.70. The fraction of sp³-hybridized carbons (Fsp3) is 0.417. The second kappa shape index (κ2) is 12.9. The Morgan fingerprint density at radius 3 is 2.70 bits per heavy atom. The van der Waals surface area contributed by atoms with Crippen molar-refractivity contribution in [3.63, 3.8) is 0 Å². The molecule has 0 spiro atoms. The zero-order chi connectivity index (χ0) is 22.3. The number of hydrogen-bond acceptors (Lipinski definition) is 6. The molecule has 1 aliphatic heterocycles. The van der Waals surface area contributed by atoms with E-state index in [-0.39, 0.29) is 18.3 Å². The van der Waals surface area contributed by atoms with Gasteiger partial charge in [-0.25, -0.2) is 4.98 Å². The molecule has 1 aromatic heterocycles. The van der Waals surface area contributed by atoms with Gasteiger partial charge in [0.2, 0.25) is 5.91 Å². The van der Waals surface area contributed by atoms with Crippen LogP contribution in [0.1, 0.15) is 18.9 Å². The van der Waals surface area contributed by atoms with Crippen molar-refractivity contribution in [2.45, 2.75) is 24.7 Å². The number of carbonyl (C=O) groups is 1. The minimum absolute atomic E-state index is 0. The fourth-order valence-corrected chi connectivity index (χ4v) is 5.65. The Hall–Kier alpha value is -1.35. The number of anilines is 1. The van der Waals surface area contributed by atoms with Gasteiger partial charge in [-0.3, -0.25) is 14.6 Å². The molecule has 0 N–H and O–H groups in total. The first kappa shape index (κ1) is 26.3. The highest BCUT2D eigenvalue weighted by atomic mass is 35.5. The zero-order valence-electron chi connectivity index (χ0n) is 18.7. The number of hydrogen-bond donors (Lipinski definition) is 0. The maximum Gasteiger partial charge on any atom is 0.229 e. The Labute approximate surface area is 214 Å². The molecule has 1 saturated heterocycles. The maximum absolute atomic E-state index is 13.3. The number of aromatic nitrogens is 1. The topological polar surface area (TPSA) is 45.7 Å². The van der Waals surface area contributed by atoms with E-state index in [1.54, 1.807) is 23.1 Å². The third kappa shape index (κ3) is 7.31. The van der Waals surface area contributed by atoms with Crippen molar-refractivity contribution in [3.05, 3.63) is 53.1 Å². The van der Waals surface area contributed by atoms with E-state index in [1.165, 1.54) is 5.56 Å². The Kier molecular flexibility index (Phi) is 10.3. The first-order valence-corrected chi connectivity index (χ1v) is 13.2. The van der Waals surface area contributed by atoms with Crippen LogP contribution in [0.4, 0.5) is 5.13 Å². The molecule has 33 heavy (non-hydrogen) atoms. The largest absolute Gasteiger partial charge is 0.379 e. The van der Waals surface area contributed by atoms with Crippen molar-refractivity contribution in [1.29, 1.82) is 0 Å². The smallest absolute Gasteiger partial charge is 0.229 e. The lowest BCUT2D eigenvalue weighted by Gasteiger charge is -2.29. The number of benzene rings is 2. The minimum Gasteiger partial charge on any atom is -0.379 e. The molecule has 0 radical (unpaired) electrons. The third-order valence-corrected chi connectivity index (χ3v) is 7.83. The number of thiazole rings is 1. The summed E-state index contributed by atoms with van der Waals surface area (Å²) in [6.07, 6.45) is 1.46. The number of nitrogens with zero attached hydrogens (tertiary/aromatic N) is 3. The lowest BCUT2D eigenvalue weighted by molar-refractivity contribution is -0.118. The van der Waals surface area contributed by atoms with Gasteiger partial charge in [-0.1, -0.05) is 35.9 Å².